The van der Waals surface area contributed by atoms with Crippen molar-refractivity contribution in [3.05, 3.63) is 53.6 Å². The summed E-state index contributed by atoms with van der Waals surface area (Å²) in [4.78, 5) is 16.4. The summed E-state index contributed by atoms with van der Waals surface area (Å²) < 4.78 is 1.69. The minimum Gasteiger partial charge on any atom is -0.375 e. The van der Waals surface area contributed by atoms with Crippen LogP contribution in [0.15, 0.2) is 43.0 Å². The fourth-order valence-electron chi connectivity index (χ4n) is 2.16. The van der Waals surface area contributed by atoms with Crippen molar-refractivity contribution in [3.8, 4) is 0 Å². The molecule has 0 radical (unpaired) electrons. The molecule has 1 atom stereocenters. The molecule has 1 heterocycles. The Kier molecular flexibility index (Phi) is 4.26. The average Bonchev–Trinajstić information content (AvgIpc) is 2.91. The van der Waals surface area contributed by atoms with Crippen molar-refractivity contribution < 1.29 is 9.90 Å². The highest BCUT2D eigenvalue weighted by atomic mass is 35.5. The maximum absolute atomic E-state index is 12.5. The number of nitrogens with zero attached hydrogens (tertiary/aromatic N) is 2. The van der Waals surface area contributed by atoms with E-state index < -0.39 is 5.60 Å². The van der Waals surface area contributed by atoms with Gasteiger partial charge in [-0.1, -0.05) is 37.6 Å². The minimum atomic E-state index is -1.58. The lowest BCUT2D eigenvalue weighted by atomic mass is 9.84. The Hall–Kier alpha value is -1.65. The van der Waals surface area contributed by atoms with Gasteiger partial charge in [0.15, 0.2) is 11.4 Å². The quantitative estimate of drug-likeness (QED) is 0.922. The molecule has 2 rings (SSSR count). The third kappa shape index (κ3) is 2.92. The predicted molar refractivity (Wildman–Crippen MR) is 77.4 cm³/mol. The smallest absolute Gasteiger partial charge is 0.173 e. The van der Waals surface area contributed by atoms with Crippen LogP contribution in [0.4, 0.5) is 0 Å². The van der Waals surface area contributed by atoms with E-state index in [-0.39, 0.29) is 18.2 Å². The van der Waals surface area contributed by atoms with E-state index in [9.17, 15) is 9.90 Å². The number of Topliss-reactive ketones (excluding diaryl/α,β-unsaturated/α-hetero) is 1. The maximum atomic E-state index is 12.5. The number of halogens is 1. The number of ketones is 1. The molecule has 1 N–H and O–H groups in total. The van der Waals surface area contributed by atoms with Gasteiger partial charge in [-0.2, -0.15) is 0 Å². The highest BCUT2D eigenvalue weighted by Crippen LogP contribution is 2.28. The highest BCUT2D eigenvalue weighted by Gasteiger charge is 2.39. The van der Waals surface area contributed by atoms with Gasteiger partial charge in [-0.15, -0.1) is 0 Å². The van der Waals surface area contributed by atoms with Crippen molar-refractivity contribution >= 4 is 17.4 Å². The average molecular weight is 293 g/mol. The summed E-state index contributed by atoms with van der Waals surface area (Å²) in [5.41, 5.74) is -1.05. The molecule has 2 aromatic rings. The molecule has 4 nitrogen and oxygen atoms in total. The lowest BCUT2D eigenvalue weighted by Gasteiger charge is -2.29. The number of hydrogen-bond acceptors (Lipinski definition) is 3. The molecule has 0 fully saturated rings. The number of aromatic nitrogens is 2. The van der Waals surface area contributed by atoms with Crippen LogP contribution in [0.3, 0.4) is 0 Å². The van der Waals surface area contributed by atoms with Crippen LogP contribution in [0.1, 0.15) is 19.4 Å². The number of carbonyl (C=O) groups excluding carboxylic acids is 1. The van der Waals surface area contributed by atoms with E-state index in [1.807, 2.05) is 0 Å². The van der Waals surface area contributed by atoms with Crippen molar-refractivity contribution in [2.45, 2.75) is 26.0 Å². The van der Waals surface area contributed by atoms with Gasteiger partial charge >= 0.3 is 0 Å². The molecule has 0 aliphatic heterocycles. The van der Waals surface area contributed by atoms with Gasteiger partial charge in [0.1, 0.15) is 0 Å². The third-order valence-corrected chi connectivity index (χ3v) is 3.48. The molecule has 1 aromatic carbocycles. The van der Waals surface area contributed by atoms with E-state index in [2.05, 4.69) is 4.98 Å². The van der Waals surface area contributed by atoms with Gasteiger partial charge in [-0.05, 0) is 17.7 Å². The molecule has 106 valence electrons. The summed E-state index contributed by atoms with van der Waals surface area (Å²) in [6, 6.07) is 6.70. The van der Waals surface area contributed by atoms with Gasteiger partial charge in [0, 0.05) is 23.3 Å². The number of carbonyl (C=O) groups is 1. The van der Waals surface area contributed by atoms with E-state index in [0.717, 1.165) is 0 Å². The number of imidazole rings is 1. The first-order chi connectivity index (χ1) is 9.43. The van der Waals surface area contributed by atoms with Crippen LogP contribution in [0.2, 0.25) is 5.02 Å². The van der Waals surface area contributed by atoms with Gasteiger partial charge in [0.25, 0.3) is 0 Å². The summed E-state index contributed by atoms with van der Waals surface area (Å²) in [7, 11) is 0. The molecule has 0 saturated heterocycles. The Morgan fingerprint density at radius 3 is 2.55 bits per heavy atom. The molecule has 0 amide bonds. The van der Waals surface area contributed by atoms with Gasteiger partial charge in [0.05, 0.1) is 12.9 Å². The third-order valence-electron chi connectivity index (χ3n) is 3.22. The first-order valence-corrected chi connectivity index (χ1v) is 6.80. The molecule has 0 aliphatic carbocycles. The summed E-state index contributed by atoms with van der Waals surface area (Å²) >= 11 is 5.86. The molecule has 0 bridgehead atoms. The summed E-state index contributed by atoms with van der Waals surface area (Å²) in [6.07, 6.45) is 4.91. The number of benzene rings is 1. The van der Waals surface area contributed by atoms with Crippen molar-refractivity contribution in [2.24, 2.45) is 5.92 Å². The molecule has 1 aromatic heterocycles. The van der Waals surface area contributed by atoms with E-state index in [1.165, 1.54) is 0 Å². The van der Waals surface area contributed by atoms with E-state index in [0.29, 0.717) is 10.6 Å². The number of rotatable bonds is 5. The molecule has 0 spiro atoms. The largest absolute Gasteiger partial charge is 0.375 e. The lowest BCUT2D eigenvalue weighted by Crippen LogP contribution is -2.42. The zero-order valence-corrected chi connectivity index (χ0v) is 12.2. The van der Waals surface area contributed by atoms with Crippen LogP contribution in [-0.2, 0) is 16.9 Å². The zero-order chi connectivity index (χ0) is 14.8. The molecule has 0 saturated carbocycles. The Labute approximate surface area is 123 Å². The van der Waals surface area contributed by atoms with Gasteiger partial charge in [-0.25, -0.2) is 4.98 Å². The zero-order valence-electron chi connectivity index (χ0n) is 11.5. The Bertz CT molecular complexity index is 578. The summed E-state index contributed by atoms with van der Waals surface area (Å²) in [5, 5.41) is 11.5. The van der Waals surface area contributed by atoms with Crippen LogP contribution in [0.25, 0.3) is 0 Å². The Balaban J connectivity index is 2.42. The maximum Gasteiger partial charge on any atom is 0.173 e. The van der Waals surface area contributed by atoms with Crippen molar-refractivity contribution in [3.63, 3.8) is 0 Å². The standard InChI is InChI=1S/C15H17ClN2O2/c1-11(2)14(19)15(20,9-18-8-7-17-10-18)12-3-5-13(16)6-4-12/h3-8,10-11,20H,9H2,1-2H3. The second-order valence-corrected chi connectivity index (χ2v) is 5.56. The fraction of sp³-hybridized carbons (Fsp3) is 0.333. The topological polar surface area (TPSA) is 55.1 Å². The van der Waals surface area contributed by atoms with Gasteiger partial charge < -0.3 is 9.67 Å². The molecule has 5 heteroatoms. The van der Waals surface area contributed by atoms with E-state index in [1.54, 1.807) is 61.4 Å². The SMILES string of the molecule is CC(C)C(=O)C(O)(Cn1ccnc1)c1ccc(Cl)cc1. The van der Waals surface area contributed by atoms with Crippen LogP contribution in [0, 0.1) is 5.92 Å². The first-order valence-electron chi connectivity index (χ1n) is 6.42. The molecule has 20 heavy (non-hydrogen) atoms. The van der Waals surface area contributed by atoms with Crippen molar-refractivity contribution in [1.82, 2.24) is 9.55 Å². The summed E-state index contributed by atoms with van der Waals surface area (Å²) in [5.74, 6) is -0.507. The Morgan fingerprint density at radius 2 is 2.05 bits per heavy atom. The van der Waals surface area contributed by atoms with E-state index >= 15 is 0 Å². The predicted octanol–water partition coefficient (Wildman–Crippen LogP) is 2.65. The molecule has 0 aliphatic rings. The van der Waals surface area contributed by atoms with Crippen LogP contribution in [-0.4, -0.2) is 20.4 Å². The Morgan fingerprint density at radius 1 is 1.40 bits per heavy atom. The van der Waals surface area contributed by atoms with E-state index in [4.69, 9.17) is 11.6 Å². The van der Waals surface area contributed by atoms with Gasteiger partial charge in [0.2, 0.25) is 0 Å². The number of aliphatic hydroxyl groups is 1. The monoisotopic (exact) mass is 292 g/mol. The second kappa shape index (κ2) is 5.77. The van der Waals surface area contributed by atoms with Gasteiger partial charge in [-0.3, -0.25) is 4.79 Å². The van der Waals surface area contributed by atoms with Crippen LogP contribution in [0.5, 0.6) is 0 Å². The normalized spacial score (nSPS) is 14.2. The van der Waals surface area contributed by atoms with Crippen LogP contribution >= 0.6 is 11.6 Å². The molecular formula is C15H17ClN2O2. The fourth-order valence-corrected chi connectivity index (χ4v) is 2.29. The van der Waals surface area contributed by atoms with Crippen molar-refractivity contribution in [1.29, 1.82) is 0 Å². The second-order valence-electron chi connectivity index (χ2n) is 5.12. The lowest BCUT2D eigenvalue weighted by molar-refractivity contribution is -0.143. The molecule has 1 unspecified atom stereocenters. The number of hydrogen-bond donors (Lipinski definition) is 1. The first kappa shape index (κ1) is 14.8. The van der Waals surface area contributed by atoms with Crippen LogP contribution < -0.4 is 0 Å². The molecular weight excluding hydrogens is 276 g/mol. The summed E-state index contributed by atoms with van der Waals surface area (Å²) in [6.45, 7) is 3.68. The highest BCUT2D eigenvalue weighted by molar-refractivity contribution is 6.30. The van der Waals surface area contributed by atoms with Crippen molar-refractivity contribution in [2.75, 3.05) is 0 Å². The minimum absolute atomic E-state index is 0.131.